The molecule has 4 N–H and O–H groups in total. The van der Waals surface area contributed by atoms with Crippen LogP contribution in [0.1, 0.15) is 13.3 Å². The lowest BCUT2D eigenvalue weighted by Crippen LogP contribution is -2.55. The SMILES string of the molecule is CC(OCCN1CCC1C(N)=O)C(N)=S. The van der Waals surface area contributed by atoms with Crippen LogP contribution in [0.5, 0.6) is 0 Å². The van der Waals surface area contributed by atoms with Gasteiger partial charge in [-0.1, -0.05) is 12.2 Å². The molecular weight excluding hydrogens is 214 g/mol. The number of hydrogen-bond acceptors (Lipinski definition) is 4. The molecule has 1 fully saturated rings. The number of nitrogens with zero attached hydrogens (tertiary/aromatic N) is 1. The van der Waals surface area contributed by atoms with Crippen molar-refractivity contribution in [3.8, 4) is 0 Å². The molecule has 0 aromatic carbocycles. The zero-order valence-corrected chi connectivity index (χ0v) is 9.63. The standard InChI is InChI=1S/C9H17N3O2S/c1-6(9(11)15)14-5-4-12-3-2-7(12)8(10)13/h6-7H,2-5H2,1H3,(H2,10,13)(H2,11,15). The van der Waals surface area contributed by atoms with Crippen LogP contribution in [0.15, 0.2) is 0 Å². The number of carbonyl (C=O) groups is 1. The van der Waals surface area contributed by atoms with E-state index in [2.05, 4.69) is 0 Å². The maximum absolute atomic E-state index is 10.9. The Morgan fingerprint density at radius 2 is 2.33 bits per heavy atom. The van der Waals surface area contributed by atoms with Crippen molar-refractivity contribution in [2.75, 3.05) is 19.7 Å². The number of amides is 1. The molecule has 0 aromatic heterocycles. The van der Waals surface area contributed by atoms with Gasteiger partial charge in [0.05, 0.1) is 12.6 Å². The Kier molecular flexibility index (Phi) is 4.44. The Balaban J connectivity index is 2.16. The summed E-state index contributed by atoms with van der Waals surface area (Å²) in [6.45, 7) is 3.92. The van der Waals surface area contributed by atoms with Crippen LogP contribution in [-0.4, -0.2) is 47.6 Å². The van der Waals surface area contributed by atoms with Crippen LogP contribution in [0.3, 0.4) is 0 Å². The van der Waals surface area contributed by atoms with Crippen LogP contribution in [0.25, 0.3) is 0 Å². The summed E-state index contributed by atoms with van der Waals surface area (Å²) < 4.78 is 5.38. The van der Waals surface area contributed by atoms with Crippen LogP contribution in [0.2, 0.25) is 0 Å². The molecule has 86 valence electrons. The zero-order chi connectivity index (χ0) is 11.4. The van der Waals surface area contributed by atoms with Crippen molar-refractivity contribution in [2.45, 2.75) is 25.5 Å². The maximum atomic E-state index is 10.9. The predicted octanol–water partition coefficient (Wildman–Crippen LogP) is -0.763. The van der Waals surface area contributed by atoms with Gasteiger partial charge < -0.3 is 16.2 Å². The van der Waals surface area contributed by atoms with E-state index in [4.69, 9.17) is 28.4 Å². The van der Waals surface area contributed by atoms with Crippen LogP contribution >= 0.6 is 12.2 Å². The average molecular weight is 231 g/mol. The summed E-state index contributed by atoms with van der Waals surface area (Å²) in [6, 6.07) is -0.117. The molecule has 0 spiro atoms. The third-order valence-electron chi connectivity index (χ3n) is 2.61. The van der Waals surface area contributed by atoms with Gasteiger partial charge in [-0.2, -0.15) is 0 Å². The average Bonchev–Trinajstić information content (AvgIpc) is 2.08. The molecule has 0 radical (unpaired) electrons. The van der Waals surface area contributed by atoms with Gasteiger partial charge in [0.2, 0.25) is 5.91 Å². The van der Waals surface area contributed by atoms with Crippen LogP contribution in [0, 0.1) is 0 Å². The third-order valence-corrected chi connectivity index (χ3v) is 2.94. The van der Waals surface area contributed by atoms with Gasteiger partial charge in [-0.25, -0.2) is 0 Å². The van der Waals surface area contributed by atoms with Gasteiger partial charge in [-0.15, -0.1) is 0 Å². The topological polar surface area (TPSA) is 81.6 Å². The van der Waals surface area contributed by atoms with Gasteiger partial charge in [-0.05, 0) is 13.3 Å². The molecule has 1 rings (SSSR count). The number of thiocarbonyl (C=S) groups is 1. The lowest BCUT2D eigenvalue weighted by Gasteiger charge is -2.38. The first-order chi connectivity index (χ1) is 7.02. The Morgan fingerprint density at radius 1 is 1.67 bits per heavy atom. The first kappa shape index (κ1) is 12.4. The number of nitrogens with two attached hydrogens (primary N) is 2. The van der Waals surface area contributed by atoms with Gasteiger partial charge in [0.1, 0.15) is 11.1 Å². The van der Waals surface area contributed by atoms with Crippen molar-refractivity contribution < 1.29 is 9.53 Å². The lowest BCUT2D eigenvalue weighted by molar-refractivity contribution is -0.128. The minimum absolute atomic E-state index is 0.117. The highest BCUT2D eigenvalue weighted by Crippen LogP contribution is 2.15. The van der Waals surface area contributed by atoms with Crippen molar-refractivity contribution in [3.05, 3.63) is 0 Å². The molecule has 5 nitrogen and oxygen atoms in total. The summed E-state index contributed by atoms with van der Waals surface area (Å²) in [5, 5.41) is 0. The van der Waals surface area contributed by atoms with Crippen LogP contribution < -0.4 is 11.5 Å². The molecule has 1 aliphatic rings. The van der Waals surface area contributed by atoms with E-state index in [0.29, 0.717) is 18.1 Å². The summed E-state index contributed by atoms with van der Waals surface area (Å²) in [5.74, 6) is -0.261. The largest absolute Gasteiger partial charge is 0.391 e. The lowest BCUT2D eigenvalue weighted by atomic mass is 10.0. The Labute approximate surface area is 94.7 Å². The molecule has 15 heavy (non-hydrogen) atoms. The molecular formula is C9H17N3O2S. The number of primary amides is 1. The van der Waals surface area contributed by atoms with E-state index < -0.39 is 0 Å². The molecule has 0 saturated carbocycles. The molecule has 1 amide bonds. The highest BCUT2D eigenvalue weighted by atomic mass is 32.1. The van der Waals surface area contributed by atoms with Gasteiger partial charge in [-0.3, -0.25) is 9.69 Å². The van der Waals surface area contributed by atoms with E-state index in [9.17, 15) is 4.79 Å². The molecule has 2 atom stereocenters. The minimum Gasteiger partial charge on any atom is -0.391 e. The van der Waals surface area contributed by atoms with E-state index in [0.717, 1.165) is 13.0 Å². The number of rotatable bonds is 6. The molecule has 6 heteroatoms. The first-order valence-corrected chi connectivity index (χ1v) is 5.37. The fraction of sp³-hybridized carbons (Fsp3) is 0.778. The van der Waals surface area contributed by atoms with Crippen molar-refractivity contribution in [3.63, 3.8) is 0 Å². The Hall–Kier alpha value is -0.720. The van der Waals surface area contributed by atoms with Gasteiger partial charge in [0, 0.05) is 13.1 Å². The quantitative estimate of drug-likeness (QED) is 0.587. The summed E-state index contributed by atoms with van der Waals surface area (Å²) in [6.07, 6.45) is 0.633. The molecule has 2 unspecified atom stereocenters. The minimum atomic E-state index is -0.261. The van der Waals surface area contributed by atoms with Crippen LogP contribution in [-0.2, 0) is 9.53 Å². The van der Waals surface area contributed by atoms with Gasteiger partial charge in [0.25, 0.3) is 0 Å². The summed E-state index contributed by atoms with van der Waals surface area (Å²) in [5.41, 5.74) is 10.6. The molecule has 0 bridgehead atoms. The number of ether oxygens (including phenoxy) is 1. The number of hydrogen-bond donors (Lipinski definition) is 2. The number of likely N-dealkylation sites (tertiary alicyclic amines) is 1. The normalized spacial score (nSPS) is 23.1. The molecule has 0 aromatic rings. The van der Waals surface area contributed by atoms with Crippen molar-refractivity contribution in [1.82, 2.24) is 4.90 Å². The second kappa shape index (κ2) is 5.39. The summed E-state index contributed by atoms with van der Waals surface area (Å²) >= 11 is 4.77. The molecule has 1 saturated heterocycles. The maximum Gasteiger partial charge on any atom is 0.234 e. The summed E-state index contributed by atoms with van der Waals surface area (Å²) in [4.78, 5) is 13.2. The van der Waals surface area contributed by atoms with Crippen molar-refractivity contribution in [1.29, 1.82) is 0 Å². The zero-order valence-electron chi connectivity index (χ0n) is 8.81. The van der Waals surface area contributed by atoms with Gasteiger partial charge in [0.15, 0.2) is 0 Å². The third kappa shape index (κ3) is 3.40. The monoisotopic (exact) mass is 231 g/mol. The van der Waals surface area contributed by atoms with E-state index in [1.165, 1.54) is 0 Å². The predicted molar refractivity (Wildman–Crippen MR) is 61.4 cm³/mol. The second-order valence-corrected chi connectivity index (χ2v) is 4.13. The summed E-state index contributed by atoms with van der Waals surface area (Å²) in [7, 11) is 0. The smallest absolute Gasteiger partial charge is 0.234 e. The van der Waals surface area contributed by atoms with E-state index in [1.807, 2.05) is 11.8 Å². The highest BCUT2D eigenvalue weighted by Gasteiger charge is 2.31. The van der Waals surface area contributed by atoms with E-state index in [1.54, 1.807) is 0 Å². The van der Waals surface area contributed by atoms with Crippen LogP contribution in [0.4, 0.5) is 0 Å². The van der Waals surface area contributed by atoms with Gasteiger partial charge >= 0.3 is 0 Å². The first-order valence-electron chi connectivity index (χ1n) is 4.96. The van der Waals surface area contributed by atoms with Crippen molar-refractivity contribution >= 4 is 23.1 Å². The molecule has 1 heterocycles. The fourth-order valence-electron chi connectivity index (χ4n) is 1.46. The van der Waals surface area contributed by atoms with Crippen molar-refractivity contribution in [2.24, 2.45) is 11.5 Å². The number of carbonyl (C=O) groups excluding carboxylic acids is 1. The van der Waals surface area contributed by atoms with E-state index >= 15 is 0 Å². The Morgan fingerprint density at radius 3 is 2.73 bits per heavy atom. The molecule has 0 aliphatic carbocycles. The van der Waals surface area contributed by atoms with E-state index in [-0.39, 0.29) is 18.1 Å². The highest BCUT2D eigenvalue weighted by molar-refractivity contribution is 7.80. The molecule has 1 aliphatic heterocycles. The second-order valence-electron chi connectivity index (χ2n) is 3.66. The Bertz CT molecular complexity index is 260. The fourth-order valence-corrected chi connectivity index (χ4v) is 1.53.